The minimum absolute atomic E-state index is 0.0110. The molecule has 1 aromatic heterocycles. The van der Waals surface area contributed by atoms with Crippen molar-refractivity contribution in [3.63, 3.8) is 0 Å². The van der Waals surface area contributed by atoms with E-state index in [1.54, 1.807) is 0 Å². The molecule has 0 aromatic carbocycles. The Bertz CT molecular complexity index is 269. The zero-order valence-corrected chi connectivity index (χ0v) is 8.99. The van der Waals surface area contributed by atoms with Crippen LogP contribution in [0.25, 0.3) is 0 Å². The van der Waals surface area contributed by atoms with Crippen molar-refractivity contribution >= 4 is 0 Å². The van der Waals surface area contributed by atoms with Crippen molar-refractivity contribution in [3.05, 3.63) is 29.6 Å². The van der Waals surface area contributed by atoms with Gasteiger partial charge in [-0.3, -0.25) is 4.98 Å². The Kier molecular flexibility index (Phi) is 4.04. The van der Waals surface area contributed by atoms with Gasteiger partial charge in [0.05, 0.1) is 12.6 Å². The van der Waals surface area contributed by atoms with E-state index in [-0.39, 0.29) is 12.6 Å². The molecule has 0 fully saturated rings. The lowest BCUT2D eigenvalue weighted by molar-refractivity contribution is 0.237. The number of aliphatic hydroxyl groups is 1. The van der Waals surface area contributed by atoms with Gasteiger partial charge < -0.3 is 10.4 Å². The highest BCUT2D eigenvalue weighted by Crippen LogP contribution is 2.11. The smallest absolute Gasteiger partial charge is 0.0627 e. The molecule has 0 aliphatic heterocycles. The van der Waals surface area contributed by atoms with Gasteiger partial charge >= 0.3 is 0 Å². The molecular weight excluding hydrogens is 176 g/mol. The Labute approximate surface area is 85.2 Å². The molecule has 0 aliphatic carbocycles. The van der Waals surface area contributed by atoms with Gasteiger partial charge in [-0.25, -0.2) is 0 Å². The summed E-state index contributed by atoms with van der Waals surface area (Å²) in [6.07, 6.45) is 1.81. The molecular formula is C11H18N2O. The fraction of sp³-hybridized carbons (Fsp3) is 0.545. The lowest BCUT2D eigenvalue weighted by Crippen LogP contribution is -2.30. The normalized spacial score (nSPS) is 13.2. The van der Waals surface area contributed by atoms with Gasteiger partial charge in [0.15, 0.2) is 0 Å². The third kappa shape index (κ3) is 3.09. The molecule has 0 aliphatic rings. The molecule has 1 rings (SSSR count). The van der Waals surface area contributed by atoms with Crippen molar-refractivity contribution in [2.45, 2.75) is 32.9 Å². The first-order chi connectivity index (χ1) is 6.63. The Morgan fingerprint density at radius 3 is 2.57 bits per heavy atom. The summed E-state index contributed by atoms with van der Waals surface area (Å²) in [5.74, 6) is 0. The summed E-state index contributed by atoms with van der Waals surface area (Å²) in [6, 6.07) is 4.30. The maximum atomic E-state index is 9.21. The zero-order valence-electron chi connectivity index (χ0n) is 8.99. The van der Waals surface area contributed by atoms with Crippen molar-refractivity contribution in [3.8, 4) is 0 Å². The fourth-order valence-corrected chi connectivity index (χ4v) is 1.34. The number of aliphatic hydroxyl groups excluding tert-OH is 1. The largest absolute Gasteiger partial charge is 0.394 e. The third-order valence-corrected chi connectivity index (χ3v) is 2.05. The van der Waals surface area contributed by atoms with Crippen molar-refractivity contribution < 1.29 is 5.11 Å². The fourth-order valence-electron chi connectivity index (χ4n) is 1.34. The maximum absolute atomic E-state index is 9.21. The highest BCUT2D eigenvalue weighted by Gasteiger charge is 2.10. The second kappa shape index (κ2) is 5.08. The average molecular weight is 194 g/mol. The first kappa shape index (κ1) is 11.1. The van der Waals surface area contributed by atoms with Crippen LogP contribution in [0.1, 0.15) is 31.1 Å². The minimum atomic E-state index is -0.0110. The minimum Gasteiger partial charge on any atom is -0.394 e. The highest BCUT2D eigenvalue weighted by molar-refractivity contribution is 5.17. The van der Waals surface area contributed by atoms with Gasteiger partial charge in [-0.05, 0) is 18.6 Å². The summed E-state index contributed by atoms with van der Waals surface area (Å²) in [5.41, 5.74) is 2.03. The van der Waals surface area contributed by atoms with Crippen molar-refractivity contribution in [2.75, 3.05) is 6.61 Å². The van der Waals surface area contributed by atoms with Gasteiger partial charge in [-0.2, -0.15) is 0 Å². The van der Waals surface area contributed by atoms with E-state index in [2.05, 4.69) is 24.1 Å². The number of hydrogen-bond donors (Lipinski definition) is 2. The molecule has 14 heavy (non-hydrogen) atoms. The van der Waals surface area contributed by atoms with Gasteiger partial charge in [-0.1, -0.05) is 19.9 Å². The summed E-state index contributed by atoms with van der Waals surface area (Å²) < 4.78 is 0. The number of rotatable bonds is 4. The lowest BCUT2D eigenvalue weighted by Gasteiger charge is -2.19. The zero-order chi connectivity index (χ0) is 10.6. The van der Waals surface area contributed by atoms with E-state index in [4.69, 9.17) is 0 Å². The summed E-state index contributed by atoms with van der Waals surface area (Å²) >= 11 is 0. The molecule has 1 aromatic rings. The first-order valence-electron chi connectivity index (χ1n) is 4.93. The summed E-state index contributed by atoms with van der Waals surface area (Å²) in [5, 5.41) is 12.5. The SMILES string of the molecule is Cc1ccc(C(CO)NC(C)C)cn1. The van der Waals surface area contributed by atoms with Crippen molar-refractivity contribution in [1.29, 1.82) is 0 Å². The molecule has 2 N–H and O–H groups in total. The van der Waals surface area contributed by atoms with Crippen LogP contribution in [0.3, 0.4) is 0 Å². The predicted molar refractivity (Wildman–Crippen MR) is 57.1 cm³/mol. The Morgan fingerprint density at radius 2 is 2.14 bits per heavy atom. The van der Waals surface area contributed by atoms with Gasteiger partial charge in [0.1, 0.15) is 0 Å². The quantitative estimate of drug-likeness (QED) is 0.762. The number of pyridine rings is 1. The second-order valence-electron chi connectivity index (χ2n) is 3.79. The van der Waals surface area contributed by atoms with E-state index < -0.39 is 0 Å². The van der Waals surface area contributed by atoms with Crippen LogP contribution in [0.4, 0.5) is 0 Å². The number of aromatic nitrogens is 1. The highest BCUT2D eigenvalue weighted by atomic mass is 16.3. The van der Waals surface area contributed by atoms with Crippen LogP contribution in [0.2, 0.25) is 0 Å². The number of nitrogens with zero attached hydrogens (tertiary/aromatic N) is 1. The molecule has 0 bridgehead atoms. The number of aryl methyl sites for hydroxylation is 1. The Balaban J connectivity index is 2.73. The molecule has 1 heterocycles. The van der Waals surface area contributed by atoms with Crippen LogP contribution in [0.5, 0.6) is 0 Å². The molecule has 0 saturated heterocycles. The first-order valence-corrected chi connectivity index (χ1v) is 4.93. The number of hydrogen-bond acceptors (Lipinski definition) is 3. The van der Waals surface area contributed by atoms with E-state index in [0.717, 1.165) is 11.3 Å². The molecule has 3 nitrogen and oxygen atoms in total. The molecule has 1 atom stereocenters. The van der Waals surface area contributed by atoms with E-state index in [0.29, 0.717) is 6.04 Å². The Morgan fingerprint density at radius 1 is 1.43 bits per heavy atom. The van der Waals surface area contributed by atoms with E-state index in [1.807, 2.05) is 25.3 Å². The van der Waals surface area contributed by atoms with E-state index in [1.165, 1.54) is 0 Å². The number of nitrogens with one attached hydrogen (secondary N) is 1. The van der Waals surface area contributed by atoms with Gasteiger partial charge in [-0.15, -0.1) is 0 Å². The predicted octanol–water partition coefficient (Wildman–Crippen LogP) is 1.42. The summed E-state index contributed by atoms with van der Waals surface area (Å²) in [4.78, 5) is 4.20. The van der Waals surface area contributed by atoms with Crippen LogP contribution in [0.15, 0.2) is 18.3 Å². The lowest BCUT2D eigenvalue weighted by atomic mass is 10.1. The van der Waals surface area contributed by atoms with E-state index in [9.17, 15) is 5.11 Å². The van der Waals surface area contributed by atoms with Crippen LogP contribution in [0, 0.1) is 6.92 Å². The van der Waals surface area contributed by atoms with Crippen LogP contribution in [-0.2, 0) is 0 Å². The third-order valence-electron chi connectivity index (χ3n) is 2.05. The average Bonchev–Trinajstić information content (AvgIpc) is 2.15. The van der Waals surface area contributed by atoms with Gasteiger partial charge in [0.2, 0.25) is 0 Å². The summed E-state index contributed by atoms with van der Waals surface area (Å²) in [6.45, 7) is 6.17. The van der Waals surface area contributed by atoms with Crippen LogP contribution < -0.4 is 5.32 Å². The van der Waals surface area contributed by atoms with Crippen molar-refractivity contribution in [2.24, 2.45) is 0 Å². The molecule has 3 heteroatoms. The maximum Gasteiger partial charge on any atom is 0.0627 e. The molecule has 0 saturated carbocycles. The van der Waals surface area contributed by atoms with Gasteiger partial charge in [0.25, 0.3) is 0 Å². The standard InChI is InChI=1S/C11H18N2O/c1-8(2)13-11(7-14)10-5-4-9(3)12-6-10/h4-6,8,11,13-14H,7H2,1-3H3. The molecule has 0 amide bonds. The summed E-state index contributed by atoms with van der Waals surface area (Å²) in [7, 11) is 0. The topological polar surface area (TPSA) is 45.1 Å². The second-order valence-corrected chi connectivity index (χ2v) is 3.79. The molecule has 1 unspecified atom stereocenters. The monoisotopic (exact) mass is 194 g/mol. The van der Waals surface area contributed by atoms with E-state index >= 15 is 0 Å². The van der Waals surface area contributed by atoms with Crippen molar-refractivity contribution in [1.82, 2.24) is 10.3 Å². The van der Waals surface area contributed by atoms with Crippen LogP contribution >= 0.6 is 0 Å². The molecule has 0 spiro atoms. The molecule has 78 valence electrons. The van der Waals surface area contributed by atoms with Crippen LogP contribution in [-0.4, -0.2) is 22.7 Å². The van der Waals surface area contributed by atoms with Gasteiger partial charge in [0, 0.05) is 17.9 Å². The molecule has 0 radical (unpaired) electrons. The Hall–Kier alpha value is -0.930.